The maximum absolute atomic E-state index is 14.0. The van der Waals surface area contributed by atoms with Crippen molar-refractivity contribution in [2.24, 2.45) is 4.99 Å². The molecule has 0 aliphatic carbocycles. The standard InChI is InChI=1S/C31H28N2O4S/c1-4-36-30(35)26-27(21-13-7-5-8-14-21)32-31-33(28(26)22-15-9-6-10-16-22)29(34)25(38-31)19-23-17-11-12-18-24(23)37-20(2)3/h5-20,28H,4H2,1-3H3/b25-19-/t28-/m1/s1. The summed E-state index contributed by atoms with van der Waals surface area (Å²) in [5, 5.41) is 0. The number of nitrogens with zero attached hydrogens (tertiary/aromatic N) is 2. The normalized spacial score (nSPS) is 15.3. The van der Waals surface area contributed by atoms with E-state index < -0.39 is 12.0 Å². The molecule has 1 aromatic heterocycles. The number of para-hydroxylation sites is 1. The SMILES string of the molecule is CCOC(=O)C1=C(c2ccccc2)N=c2s/c(=C\c3ccccc3OC(C)C)c(=O)n2[C@@H]1c1ccccc1. The van der Waals surface area contributed by atoms with Crippen molar-refractivity contribution in [3.05, 3.63) is 127 Å². The van der Waals surface area contributed by atoms with Crippen molar-refractivity contribution in [2.45, 2.75) is 32.9 Å². The van der Waals surface area contributed by atoms with Crippen LogP contribution >= 0.6 is 11.3 Å². The topological polar surface area (TPSA) is 69.9 Å². The summed E-state index contributed by atoms with van der Waals surface area (Å²) in [7, 11) is 0. The number of benzene rings is 3. The van der Waals surface area contributed by atoms with E-state index in [9.17, 15) is 9.59 Å². The fourth-order valence-corrected chi connectivity index (χ4v) is 5.49. The van der Waals surface area contributed by atoms with Crippen LogP contribution in [-0.4, -0.2) is 23.2 Å². The highest BCUT2D eigenvalue weighted by Gasteiger charge is 2.35. The van der Waals surface area contributed by atoms with Gasteiger partial charge in [0.2, 0.25) is 0 Å². The van der Waals surface area contributed by atoms with Gasteiger partial charge in [-0.15, -0.1) is 0 Å². The highest BCUT2D eigenvalue weighted by molar-refractivity contribution is 7.07. The van der Waals surface area contributed by atoms with E-state index in [2.05, 4.69) is 0 Å². The number of aromatic nitrogens is 1. The summed E-state index contributed by atoms with van der Waals surface area (Å²) in [6.45, 7) is 5.91. The van der Waals surface area contributed by atoms with E-state index in [-0.39, 0.29) is 18.3 Å². The first-order valence-electron chi connectivity index (χ1n) is 12.6. The van der Waals surface area contributed by atoms with Crippen LogP contribution in [0, 0.1) is 0 Å². The molecule has 0 unspecified atom stereocenters. The number of carbonyl (C=O) groups excluding carboxylic acids is 1. The Morgan fingerprint density at radius 1 is 1.00 bits per heavy atom. The molecule has 0 amide bonds. The third kappa shape index (κ3) is 4.97. The Kier molecular flexibility index (Phi) is 7.38. The van der Waals surface area contributed by atoms with Gasteiger partial charge in [-0.1, -0.05) is 90.2 Å². The summed E-state index contributed by atoms with van der Waals surface area (Å²) in [5.74, 6) is 0.207. The van der Waals surface area contributed by atoms with Crippen LogP contribution in [0.1, 0.15) is 43.5 Å². The maximum atomic E-state index is 14.0. The lowest BCUT2D eigenvalue weighted by Crippen LogP contribution is -2.40. The van der Waals surface area contributed by atoms with Gasteiger partial charge in [-0.3, -0.25) is 9.36 Å². The van der Waals surface area contributed by atoms with Crippen LogP contribution in [0.25, 0.3) is 11.8 Å². The highest BCUT2D eigenvalue weighted by Crippen LogP contribution is 2.35. The van der Waals surface area contributed by atoms with E-state index >= 15 is 0 Å². The molecule has 0 bridgehead atoms. The van der Waals surface area contributed by atoms with Crippen molar-refractivity contribution >= 4 is 29.1 Å². The van der Waals surface area contributed by atoms with Crippen molar-refractivity contribution < 1.29 is 14.3 Å². The Morgan fingerprint density at radius 3 is 2.34 bits per heavy atom. The lowest BCUT2D eigenvalue weighted by molar-refractivity contribution is -0.138. The van der Waals surface area contributed by atoms with Gasteiger partial charge in [-0.25, -0.2) is 9.79 Å². The number of rotatable bonds is 7. The first-order chi connectivity index (χ1) is 18.5. The second-order valence-electron chi connectivity index (χ2n) is 9.05. The van der Waals surface area contributed by atoms with E-state index in [1.54, 1.807) is 11.5 Å². The molecular weight excluding hydrogens is 496 g/mol. The zero-order valence-electron chi connectivity index (χ0n) is 21.5. The molecule has 4 aromatic rings. The monoisotopic (exact) mass is 524 g/mol. The molecular formula is C31H28N2O4S. The van der Waals surface area contributed by atoms with Crippen LogP contribution in [0.4, 0.5) is 0 Å². The lowest BCUT2D eigenvalue weighted by atomic mass is 9.93. The Bertz CT molecular complexity index is 1670. The summed E-state index contributed by atoms with van der Waals surface area (Å²) in [6.07, 6.45) is 1.82. The third-order valence-corrected chi connectivity index (χ3v) is 7.04. The largest absolute Gasteiger partial charge is 0.490 e. The quantitative estimate of drug-likeness (QED) is 0.328. The molecule has 0 radical (unpaired) electrons. The van der Waals surface area contributed by atoms with Gasteiger partial charge in [0.05, 0.1) is 34.6 Å². The molecule has 0 saturated carbocycles. The number of thiazole rings is 1. The first-order valence-corrected chi connectivity index (χ1v) is 13.4. The Balaban J connectivity index is 1.80. The number of ether oxygens (including phenoxy) is 2. The summed E-state index contributed by atoms with van der Waals surface area (Å²) >= 11 is 1.29. The predicted octanol–water partition coefficient (Wildman–Crippen LogP) is 4.72. The smallest absolute Gasteiger partial charge is 0.338 e. The first kappa shape index (κ1) is 25.4. The number of fused-ring (bicyclic) bond motifs is 1. The predicted molar refractivity (Wildman–Crippen MR) is 150 cm³/mol. The van der Waals surface area contributed by atoms with Crippen LogP contribution in [-0.2, 0) is 9.53 Å². The highest BCUT2D eigenvalue weighted by atomic mass is 32.1. The zero-order chi connectivity index (χ0) is 26.6. The maximum Gasteiger partial charge on any atom is 0.338 e. The van der Waals surface area contributed by atoms with Gasteiger partial charge in [-0.05, 0) is 38.5 Å². The molecule has 6 nitrogen and oxygen atoms in total. The number of hydrogen-bond acceptors (Lipinski definition) is 6. The average molecular weight is 525 g/mol. The third-order valence-electron chi connectivity index (χ3n) is 6.06. The van der Waals surface area contributed by atoms with Gasteiger partial charge in [0.1, 0.15) is 5.75 Å². The van der Waals surface area contributed by atoms with Gasteiger partial charge in [0.15, 0.2) is 4.80 Å². The molecule has 0 saturated heterocycles. The Labute approximate surface area is 224 Å². The summed E-state index contributed by atoms with van der Waals surface area (Å²) < 4.78 is 13.6. The second-order valence-corrected chi connectivity index (χ2v) is 10.1. The molecule has 3 aromatic carbocycles. The molecule has 0 N–H and O–H groups in total. The number of carbonyl (C=O) groups is 1. The molecule has 2 heterocycles. The molecule has 0 fully saturated rings. The Hall–Kier alpha value is -4.23. The number of hydrogen-bond donors (Lipinski definition) is 0. The van der Waals surface area contributed by atoms with Crippen LogP contribution in [0.5, 0.6) is 5.75 Å². The van der Waals surface area contributed by atoms with Crippen LogP contribution < -0.4 is 19.6 Å². The fraction of sp³-hybridized carbons (Fsp3) is 0.194. The van der Waals surface area contributed by atoms with E-state index in [1.165, 1.54) is 11.3 Å². The van der Waals surface area contributed by atoms with Gasteiger partial charge >= 0.3 is 5.97 Å². The lowest BCUT2D eigenvalue weighted by Gasteiger charge is -2.25. The minimum Gasteiger partial charge on any atom is -0.490 e. The van der Waals surface area contributed by atoms with E-state index in [4.69, 9.17) is 14.5 Å². The minimum absolute atomic E-state index is 0.00980. The van der Waals surface area contributed by atoms with Gasteiger partial charge in [0, 0.05) is 11.1 Å². The van der Waals surface area contributed by atoms with Crippen molar-refractivity contribution in [1.82, 2.24) is 4.57 Å². The summed E-state index contributed by atoms with van der Waals surface area (Å²) in [5.41, 5.74) is 3.01. The molecule has 192 valence electrons. The second kappa shape index (κ2) is 11.0. The minimum atomic E-state index is -0.689. The molecule has 38 heavy (non-hydrogen) atoms. The van der Waals surface area contributed by atoms with Gasteiger partial charge in [0.25, 0.3) is 5.56 Å². The van der Waals surface area contributed by atoms with Gasteiger partial charge in [-0.2, -0.15) is 0 Å². The van der Waals surface area contributed by atoms with Crippen LogP contribution in [0.2, 0.25) is 0 Å². The number of esters is 1. The van der Waals surface area contributed by atoms with Crippen molar-refractivity contribution in [3.63, 3.8) is 0 Å². The molecule has 7 heteroatoms. The average Bonchev–Trinajstić information content (AvgIpc) is 3.24. The molecule has 1 aliphatic heterocycles. The molecule has 0 spiro atoms. The van der Waals surface area contributed by atoms with E-state index in [1.807, 2.05) is 105 Å². The fourth-order valence-electron chi connectivity index (χ4n) is 4.49. The molecule has 1 aliphatic rings. The summed E-state index contributed by atoms with van der Waals surface area (Å²) in [4.78, 5) is 32.8. The molecule has 5 rings (SSSR count). The zero-order valence-corrected chi connectivity index (χ0v) is 22.3. The van der Waals surface area contributed by atoms with Crippen molar-refractivity contribution in [1.29, 1.82) is 0 Å². The van der Waals surface area contributed by atoms with Gasteiger partial charge < -0.3 is 9.47 Å². The Morgan fingerprint density at radius 2 is 1.66 bits per heavy atom. The van der Waals surface area contributed by atoms with Crippen LogP contribution in [0.15, 0.2) is 100 Å². The van der Waals surface area contributed by atoms with E-state index in [0.717, 1.165) is 16.7 Å². The summed E-state index contributed by atoms with van der Waals surface area (Å²) in [6, 6.07) is 26.0. The molecule has 1 atom stereocenters. The van der Waals surface area contributed by atoms with Crippen molar-refractivity contribution in [3.8, 4) is 5.75 Å². The van der Waals surface area contributed by atoms with E-state index in [0.29, 0.717) is 26.4 Å². The van der Waals surface area contributed by atoms with Crippen molar-refractivity contribution in [2.75, 3.05) is 6.61 Å². The van der Waals surface area contributed by atoms with Crippen LogP contribution in [0.3, 0.4) is 0 Å².